The van der Waals surface area contributed by atoms with Crippen molar-refractivity contribution < 1.29 is 13.6 Å². The van der Waals surface area contributed by atoms with E-state index in [0.29, 0.717) is 0 Å². The molecule has 0 bridgehead atoms. The van der Waals surface area contributed by atoms with Gasteiger partial charge < -0.3 is 13.4 Å². The summed E-state index contributed by atoms with van der Waals surface area (Å²) < 4.78 is 13.7. The van der Waals surface area contributed by atoms with Gasteiger partial charge >= 0.3 is 6.09 Å². The predicted octanol–water partition coefficient (Wildman–Crippen LogP) is 5.12. The van der Waals surface area contributed by atoms with Gasteiger partial charge in [0.2, 0.25) is 8.32 Å². The van der Waals surface area contributed by atoms with E-state index in [1.54, 1.807) is 0 Å². The van der Waals surface area contributed by atoms with Crippen molar-refractivity contribution in [2.24, 2.45) is 0 Å². The first-order chi connectivity index (χ1) is 9.78. The maximum Gasteiger partial charge on any atom is 0.388 e. The lowest BCUT2D eigenvalue weighted by Gasteiger charge is -2.36. The molecule has 0 N–H and O–H groups in total. The first-order valence-corrected chi connectivity index (χ1v) is 18.4. The maximum atomic E-state index is 12.5. The van der Waals surface area contributed by atoms with E-state index in [1.165, 1.54) is 0 Å². The van der Waals surface area contributed by atoms with Gasteiger partial charge in [-0.3, -0.25) is 0 Å². The minimum absolute atomic E-state index is 0.104. The summed E-state index contributed by atoms with van der Waals surface area (Å²) in [5.74, 6) is 0. The Kier molecular flexibility index (Phi) is 8.61. The number of hydrogen-bond acceptors (Lipinski definition) is 3. The van der Waals surface area contributed by atoms with Crippen LogP contribution in [-0.2, 0) is 8.85 Å². The molecule has 132 valence electrons. The summed E-state index contributed by atoms with van der Waals surface area (Å²) in [6.45, 7) is 21.1. The highest BCUT2D eigenvalue weighted by atomic mass is 28.4. The van der Waals surface area contributed by atoms with Crippen molar-refractivity contribution in [1.29, 1.82) is 0 Å². The number of carbonyl (C=O) groups is 1. The van der Waals surface area contributed by atoms with E-state index in [4.69, 9.17) is 8.85 Å². The lowest BCUT2D eigenvalue weighted by Crippen LogP contribution is -2.52. The Morgan fingerprint density at radius 1 is 1.00 bits per heavy atom. The molecule has 1 amide bonds. The van der Waals surface area contributed by atoms with Gasteiger partial charge in [-0.1, -0.05) is 26.6 Å². The van der Waals surface area contributed by atoms with Gasteiger partial charge in [0, 0.05) is 13.2 Å². The van der Waals surface area contributed by atoms with E-state index in [2.05, 4.69) is 59.3 Å². The Balaban J connectivity index is 4.60. The molecule has 0 rings (SSSR count). The lowest BCUT2D eigenvalue weighted by molar-refractivity contribution is 0.174. The number of carbonyl (C=O) groups excluding carboxylic acids is 1. The van der Waals surface area contributed by atoms with Crippen molar-refractivity contribution >= 4 is 31.0 Å². The maximum absolute atomic E-state index is 12.5. The molecule has 22 heavy (non-hydrogen) atoms. The summed E-state index contributed by atoms with van der Waals surface area (Å²) in [7, 11) is -5.14. The first-order valence-electron chi connectivity index (χ1n) is 8.43. The molecule has 0 heterocycles. The van der Waals surface area contributed by atoms with Crippen molar-refractivity contribution in [1.82, 2.24) is 4.57 Å². The van der Waals surface area contributed by atoms with Crippen LogP contribution in [0.25, 0.3) is 0 Å². The second-order valence-corrected chi connectivity index (χ2v) is 22.1. The lowest BCUT2D eigenvalue weighted by atomic mass is 10.5. The predicted molar refractivity (Wildman–Crippen MR) is 103 cm³/mol. The largest absolute Gasteiger partial charge is 0.505 e. The topological polar surface area (TPSA) is 38.8 Å². The quantitative estimate of drug-likeness (QED) is 0.534. The smallest absolute Gasteiger partial charge is 0.388 e. The molecule has 0 aromatic heterocycles. The van der Waals surface area contributed by atoms with Crippen LogP contribution in [0.3, 0.4) is 0 Å². The SMILES string of the molecule is CCCO[Si](C)(C)CCCN(C(=O)O[Si](C)(C)C)[Si](C)(C)C. The van der Waals surface area contributed by atoms with Crippen LogP contribution in [-0.4, -0.2) is 48.7 Å². The van der Waals surface area contributed by atoms with Gasteiger partial charge in [0.05, 0.1) is 0 Å². The van der Waals surface area contributed by atoms with Gasteiger partial charge in [0.15, 0.2) is 16.6 Å². The highest BCUT2D eigenvalue weighted by Gasteiger charge is 2.33. The third-order valence-electron chi connectivity index (χ3n) is 3.28. The summed E-state index contributed by atoms with van der Waals surface area (Å²) >= 11 is 0. The van der Waals surface area contributed by atoms with Crippen LogP contribution in [0.15, 0.2) is 0 Å². The Morgan fingerprint density at radius 2 is 1.55 bits per heavy atom. The van der Waals surface area contributed by atoms with Crippen LogP contribution < -0.4 is 0 Å². The number of nitrogens with zero attached hydrogens (tertiary/aromatic N) is 1. The third-order valence-corrected chi connectivity index (χ3v) is 8.64. The molecule has 0 aliphatic heterocycles. The molecule has 7 heteroatoms. The fourth-order valence-corrected chi connectivity index (χ4v) is 6.19. The molecule has 0 atom stereocenters. The van der Waals surface area contributed by atoms with Crippen molar-refractivity contribution in [3.05, 3.63) is 0 Å². The van der Waals surface area contributed by atoms with Gasteiger partial charge in [0.25, 0.3) is 0 Å². The third kappa shape index (κ3) is 9.81. The molecule has 0 saturated carbocycles. The standard InChI is InChI=1S/C15H37NO3Si3/c1-10-13-18-22(8,9)14-11-12-16(20(2,3)4)15(17)19-21(5,6)7/h10-14H2,1-9H3. The minimum atomic E-state index is -1.84. The van der Waals surface area contributed by atoms with Crippen molar-refractivity contribution in [2.75, 3.05) is 13.2 Å². The van der Waals surface area contributed by atoms with E-state index >= 15 is 0 Å². The Morgan fingerprint density at radius 3 is 1.95 bits per heavy atom. The molecular weight excluding hydrogens is 326 g/mol. The summed E-state index contributed by atoms with van der Waals surface area (Å²) in [6, 6.07) is 1.09. The zero-order chi connectivity index (χ0) is 17.6. The van der Waals surface area contributed by atoms with E-state index in [9.17, 15) is 4.79 Å². The van der Waals surface area contributed by atoms with Gasteiger partial charge in [-0.15, -0.1) is 0 Å². The fraction of sp³-hybridized carbons (Fsp3) is 0.933. The fourth-order valence-electron chi connectivity index (χ4n) is 2.13. The normalized spacial score (nSPS) is 13.1. The van der Waals surface area contributed by atoms with E-state index in [1.807, 2.05) is 4.57 Å². The van der Waals surface area contributed by atoms with Gasteiger partial charge in [-0.2, -0.15) is 0 Å². The van der Waals surface area contributed by atoms with Crippen LogP contribution in [0.5, 0.6) is 0 Å². The molecule has 0 aliphatic carbocycles. The minimum Gasteiger partial charge on any atom is -0.505 e. The average Bonchev–Trinajstić information content (AvgIpc) is 2.28. The van der Waals surface area contributed by atoms with Gasteiger partial charge in [-0.05, 0) is 51.6 Å². The Bertz CT molecular complexity index is 349. The molecule has 0 fully saturated rings. The summed E-state index contributed by atoms with van der Waals surface area (Å²) in [4.78, 5) is 12.5. The van der Waals surface area contributed by atoms with Gasteiger partial charge in [-0.25, -0.2) is 4.79 Å². The van der Waals surface area contributed by atoms with E-state index < -0.39 is 24.9 Å². The summed E-state index contributed by atoms with van der Waals surface area (Å²) in [5, 5.41) is 0. The first kappa shape index (κ1) is 21.9. The molecule has 0 saturated heterocycles. The van der Waals surface area contributed by atoms with Crippen LogP contribution in [0, 0.1) is 0 Å². The van der Waals surface area contributed by atoms with Crippen LogP contribution >= 0.6 is 0 Å². The zero-order valence-electron chi connectivity index (χ0n) is 16.2. The average molecular weight is 364 g/mol. The molecule has 4 nitrogen and oxygen atoms in total. The molecular formula is C15H37NO3Si3. The second kappa shape index (κ2) is 8.65. The van der Waals surface area contributed by atoms with Crippen molar-refractivity contribution in [3.63, 3.8) is 0 Å². The number of hydrogen-bond donors (Lipinski definition) is 0. The monoisotopic (exact) mass is 363 g/mol. The van der Waals surface area contributed by atoms with Crippen LogP contribution in [0.4, 0.5) is 4.79 Å². The molecule has 0 aromatic carbocycles. The molecule has 0 aliphatic rings. The van der Waals surface area contributed by atoms with Crippen LogP contribution in [0.2, 0.25) is 58.4 Å². The van der Waals surface area contributed by atoms with Crippen LogP contribution in [0.1, 0.15) is 19.8 Å². The molecule has 0 spiro atoms. The number of amides is 1. The molecule has 0 radical (unpaired) electrons. The number of rotatable bonds is 9. The Labute approximate surface area is 140 Å². The summed E-state index contributed by atoms with van der Waals surface area (Å²) in [5.41, 5.74) is 0. The van der Waals surface area contributed by atoms with Gasteiger partial charge in [0.1, 0.15) is 0 Å². The van der Waals surface area contributed by atoms with Crippen molar-refractivity contribution in [2.45, 2.75) is 78.2 Å². The Hall–Kier alpha value is -0.119. The highest BCUT2D eigenvalue weighted by molar-refractivity contribution is 6.76. The van der Waals surface area contributed by atoms with Crippen molar-refractivity contribution in [3.8, 4) is 0 Å². The highest BCUT2D eigenvalue weighted by Crippen LogP contribution is 2.19. The zero-order valence-corrected chi connectivity index (χ0v) is 19.2. The summed E-state index contributed by atoms with van der Waals surface area (Å²) in [6.07, 6.45) is 1.97. The molecule has 0 unspecified atom stereocenters. The van der Waals surface area contributed by atoms with E-state index in [0.717, 1.165) is 32.0 Å². The molecule has 0 aromatic rings. The second-order valence-electron chi connectivity index (χ2n) is 8.51. The van der Waals surface area contributed by atoms with E-state index in [-0.39, 0.29) is 6.09 Å².